The Morgan fingerprint density at radius 2 is 1.71 bits per heavy atom. The minimum absolute atomic E-state index is 0.0132. The highest BCUT2D eigenvalue weighted by Crippen LogP contribution is 2.38. The lowest BCUT2D eigenvalue weighted by Gasteiger charge is -2.14. The molecule has 0 aromatic heterocycles. The molecule has 5 rings (SSSR count). The first kappa shape index (κ1) is 28.7. The van der Waals surface area contributed by atoms with Crippen LogP contribution in [0, 0.1) is 0 Å². The molecule has 1 heterocycles. The smallest absolute Gasteiger partial charge is 0.339 e. The fourth-order valence-corrected chi connectivity index (χ4v) is 6.25. The predicted octanol–water partition coefficient (Wildman–Crippen LogP) is 7.11. The first-order valence-corrected chi connectivity index (χ1v) is 15.0. The summed E-state index contributed by atoms with van der Waals surface area (Å²) >= 11 is 12.8. The number of imide groups is 1. The fourth-order valence-electron chi connectivity index (χ4n) is 4.16. The molecule has 8 nitrogen and oxygen atoms in total. The fraction of sp³-hybridized carbons (Fsp3) is 0.0690. The Hall–Kier alpha value is -3.83. The number of carbonyl (C=O) groups is 3. The van der Waals surface area contributed by atoms with Crippen LogP contribution in [0.15, 0.2) is 88.7 Å². The molecule has 3 amide bonds. The van der Waals surface area contributed by atoms with Gasteiger partial charge in [0, 0.05) is 18.2 Å². The minimum Gasteiger partial charge on any atom is -0.378 e. The van der Waals surface area contributed by atoms with Crippen molar-refractivity contribution in [3.05, 3.63) is 105 Å². The molecule has 0 aliphatic carbocycles. The molecule has 1 aliphatic rings. The van der Waals surface area contributed by atoms with Gasteiger partial charge in [0.15, 0.2) is 5.75 Å². The summed E-state index contributed by atoms with van der Waals surface area (Å²) in [6, 6.07) is 20.8. The van der Waals surface area contributed by atoms with E-state index in [0.717, 1.165) is 22.0 Å². The molecule has 12 heteroatoms. The van der Waals surface area contributed by atoms with Crippen LogP contribution in [0.5, 0.6) is 5.75 Å². The van der Waals surface area contributed by atoms with Crippen molar-refractivity contribution in [2.24, 2.45) is 0 Å². The zero-order chi connectivity index (χ0) is 29.3. The highest BCUT2D eigenvalue weighted by Gasteiger charge is 2.35. The zero-order valence-electron chi connectivity index (χ0n) is 21.3. The van der Waals surface area contributed by atoms with E-state index >= 15 is 0 Å². The third-order valence-corrected chi connectivity index (χ3v) is 8.96. The summed E-state index contributed by atoms with van der Waals surface area (Å²) in [5.74, 6) is -0.855. The molecule has 1 aliphatic heterocycles. The second kappa shape index (κ2) is 11.6. The third kappa shape index (κ3) is 6.25. The number of hydrogen-bond acceptors (Lipinski definition) is 7. The maximum Gasteiger partial charge on any atom is 0.339 e. The van der Waals surface area contributed by atoms with E-state index in [0.29, 0.717) is 32.2 Å². The van der Waals surface area contributed by atoms with Crippen LogP contribution in [0.25, 0.3) is 16.8 Å². The topological polar surface area (TPSA) is 110 Å². The molecule has 0 bridgehead atoms. The molecule has 41 heavy (non-hydrogen) atoms. The van der Waals surface area contributed by atoms with Crippen molar-refractivity contribution in [1.29, 1.82) is 0 Å². The van der Waals surface area contributed by atoms with Crippen molar-refractivity contribution in [3.8, 4) is 5.75 Å². The summed E-state index contributed by atoms with van der Waals surface area (Å²) in [5.41, 5.74) is 1.37. The number of carbonyl (C=O) groups excluding carboxylic acids is 3. The standard InChI is InChI=1S/C29H20Cl2N2O6S2/c1-17(34)32-20-8-10-21(11-9-20)41(37,38)39-26-13-7-19-4-2-3-5-22(19)23(26)15-27-28(35)33(29(36)40-27)16-18-6-12-24(30)25(31)14-18/h2-15H,16H2,1H3,(H,32,34)/b27-15-. The molecular weight excluding hydrogens is 607 g/mol. The number of fused-ring (bicyclic) bond motifs is 1. The SMILES string of the molecule is CC(=O)Nc1ccc(S(=O)(=O)Oc2ccc3ccccc3c2/C=C2\SC(=O)N(Cc3ccc(Cl)c(Cl)c3)C2=O)cc1. The number of halogens is 2. The number of benzene rings is 4. The lowest BCUT2D eigenvalue weighted by atomic mass is 10.0. The van der Waals surface area contributed by atoms with E-state index in [-0.39, 0.29) is 28.0 Å². The number of nitrogens with zero attached hydrogens (tertiary/aromatic N) is 1. The van der Waals surface area contributed by atoms with E-state index in [1.165, 1.54) is 43.3 Å². The third-order valence-electron chi connectivity index (χ3n) is 6.07. The van der Waals surface area contributed by atoms with Crippen LogP contribution in [-0.2, 0) is 26.3 Å². The Bertz CT molecular complexity index is 1860. The van der Waals surface area contributed by atoms with Gasteiger partial charge in [-0.3, -0.25) is 19.3 Å². The van der Waals surface area contributed by atoms with Crippen molar-refractivity contribution < 1.29 is 27.0 Å². The molecule has 4 aromatic rings. The first-order valence-electron chi connectivity index (χ1n) is 12.0. The zero-order valence-corrected chi connectivity index (χ0v) is 24.4. The van der Waals surface area contributed by atoms with Gasteiger partial charge in [0.1, 0.15) is 4.90 Å². The Morgan fingerprint density at radius 1 is 0.976 bits per heavy atom. The van der Waals surface area contributed by atoms with Crippen LogP contribution < -0.4 is 9.50 Å². The van der Waals surface area contributed by atoms with Gasteiger partial charge in [-0.1, -0.05) is 59.6 Å². The van der Waals surface area contributed by atoms with E-state index in [9.17, 15) is 22.8 Å². The maximum absolute atomic E-state index is 13.3. The van der Waals surface area contributed by atoms with Crippen molar-refractivity contribution in [2.75, 3.05) is 5.32 Å². The Balaban J connectivity index is 1.49. The number of hydrogen-bond donors (Lipinski definition) is 1. The first-order chi connectivity index (χ1) is 19.5. The van der Waals surface area contributed by atoms with E-state index in [1.54, 1.807) is 36.4 Å². The molecule has 0 radical (unpaired) electrons. The van der Waals surface area contributed by atoms with Gasteiger partial charge in [0.05, 0.1) is 21.5 Å². The van der Waals surface area contributed by atoms with Gasteiger partial charge in [-0.05, 0) is 76.6 Å². The van der Waals surface area contributed by atoms with E-state index in [1.807, 2.05) is 12.1 Å². The number of rotatable bonds is 7. The summed E-state index contributed by atoms with van der Waals surface area (Å²) in [6.07, 6.45) is 1.47. The maximum atomic E-state index is 13.3. The van der Waals surface area contributed by atoms with Crippen LogP contribution in [-0.4, -0.2) is 30.4 Å². The molecule has 1 N–H and O–H groups in total. The van der Waals surface area contributed by atoms with E-state index < -0.39 is 21.3 Å². The molecule has 0 unspecified atom stereocenters. The lowest BCUT2D eigenvalue weighted by molar-refractivity contribution is -0.123. The van der Waals surface area contributed by atoms with Crippen LogP contribution >= 0.6 is 35.0 Å². The normalized spacial score (nSPS) is 14.6. The molecule has 0 saturated carbocycles. The number of thioether (sulfide) groups is 1. The average molecular weight is 628 g/mol. The Morgan fingerprint density at radius 3 is 2.41 bits per heavy atom. The van der Waals surface area contributed by atoms with Crippen molar-refractivity contribution in [3.63, 3.8) is 0 Å². The van der Waals surface area contributed by atoms with Crippen LogP contribution in [0.2, 0.25) is 10.0 Å². The van der Waals surface area contributed by atoms with Gasteiger partial charge in [0.2, 0.25) is 5.91 Å². The molecule has 0 atom stereocenters. The van der Waals surface area contributed by atoms with E-state index in [4.69, 9.17) is 27.4 Å². The second-order valence-electron chi connectivity index (χ2n) is 8.96. The molecular formula is C29H20Cl2N2O6S2. The predicted molar refractivity (Wildman–Crippen MR) is 160 cm³/mol. The minimum atomic E-state index is -4.30. The summed E-state index contributed by atoms with van der Waals surface area (Å²) in [5, 5.41) is 4.14. The summed E-state index contributed by atoms with van der Waals surface area (Å²) in [4.78, 5) is 38.5. The second-order valence-corrected chi connectivity index (χ2v) is 12.3. The van der Waals surface area contributed by atoms with E-state index in [2.05, 4.69) is 5.32 Å². The van der Waals surface area contributed by atoms with Gasteiger partial charge < -0.3 is 9.50 Å². The molecule has 0 spiro atoms. The van der Waals surface area contributed by atoms with Crippen LogP contribution in [0.3, 0.4) is 0 Å². The Kier molecular flexibility index (Phi) is 8.10. The van der Waals surface area contributed by atoms with Crippen molar-refractivity contribution >= 4 is 84.7 Å². The van der Waals surface area contributed by atoms with Crippen molar-refractivity contribution in [2.45, 2.75) is 18.4 Å². The summed E-state index contributed by atoms with van der Waals surface area (Å²) in [7, 11) is -4.30. The van der Waals surface area contributed by atoms with Gasteiger partial charge in [-0.25, -0.2) is 0 Å². The largest absolute Gasteiger partial charge is 0.378 e. The molecule has 208 valence electrons. The molecule has 1 fully saturated rings. The highest BCUT2D eigenvalue weighted by molar-refractivity contribution is 8.18. The van der Waals surface area contributed by atoms with Crippen LogP contribution in [0.1, 0.15) is 18.1 Å². The highest BCUT2D eigenvalue weighted by atomic mass is 35.5. The number of amides is 3. The average Bonchev–Trinajstić information content (AvgIpc) is 3.19. The number of anilines is 1. The monoisotopic (exact) mass is 626 g/mol. The summed E-state index contributed by atoms with van der Waals surface area (Å²) < 4.78 is 32.0. The molecule has 1 saturated heterocycles. The Labute approximate surface area is 250 Å². The van der Waals surface area contributed by atoms with Crippen LogP contribution in [0.4, 0.5) is 10.5 Å². The summed E-state index contributed by atoms with van der Waals surface area (Å²) in [6.45, 7) is 1.33. The molecule has 4 aromatic carbocycles. The van der Waals surface area contributed by atoms with Gasteiger partial charge in [0.25, 0.3) is 11.1 Å². The van der Waals surface area contributed by atoms with Gasteiger partial charge in [-0.15, -0.1) is 0 Å². The number of nitrogens with one attached hydrogen (secondary N) is 1. The van der Waals surface area contributed by atoms with Crippen molar-refractivity contribution in [1.82, 2.24) is 4.90 Å². The lowest BCUT2D eigenvalue weighted by Crippen LogP contribution is -2.27. The van der Waals surface area contributed by atoms with Gasteiger partial charge in [-0.2, -0.15) is 8.42 Å². The quantitative estimate of drug-likeness (QED) is 0.172. The van der Waals surface area contributed by atoms with Gasteiger partial charge >= 0.3 is 10.1 Å².